The Morgan fingerprint density at radius 3 is 2.17 bits per heavy atom. The summed E-state index contributed by atoms with van der Waals surface area (Å²) in [6.45, 7) is 0. The Morgan fingerprint density at radius 2 is 1.50 bits per heavy atom. The summed E-state index contributed by atoms with van der Waals surface area (Å²) in [5, 5.41) is 0. The van der Waals surface area contributed by atoms with Crippen LogP contribution in [0.15, 0.2) is 54.6 Å². The van der Waals surface area contributed by atoms with E-state index in [1.54, 1.807) is 0 Å². The van der Waals surface area contributed by atoms with E-state index in [0.29, 0.717) is 6.42 Å². The van der Waals surface area contributed by atoms with Gasteiger partial charge in [-0.05, 0) is 23.1 Å². The summed E-state index contributed by atoms with van der Waals surface area (Å²) in [7, 11) is -3.94. The van der Waals surface area contributed by atoms with Gasteiger partial charge in [-0.2, -0.15) is 0 Å². The van der Waals surface area contributed by atoms with Crippen molar-refractivity contribution in [3.63, 3.8) is 0 Å². The van der Waals surface area contributed by atoms with Crippen molar-refractivity contribution in [1.82, 2.24) is 0 Å². The highest BCUT2D eigenvalue weighted by molar-refractivity contribution is 7.51. The normalized spacial score (nSPS) is 11.4. The van der Waals surface area contributed by atoms with Gasteiger partial charge in [-0.3, -0.25) is 4.57 Å². The Hall–Kier alpha value is -1.41. The van der Waals surface area contributed by atoms with Crippen LogP contribution in [0, 0.1) is 0 Å². The van der Waals surface area contributed by atoms with E-state index in [-0.39, 0.29) is 6.16 Å². The van der Waals surface area contributed by atoms with Gasteiger partial charge >= 0.3 is 7.60 Å². The molecule has 2 rings (SSSR count). The molecule has 0 saturated heterocycles. The first kappa shape index (κ1) is 13.0. The maximum absolute atomic E-state index is 10.9. The molecule has 0 aliphatic carbocycles. The van der Waals surface area contributed by atoms with Gasteiger partial charge in [-0.15, -0.1) is 0 Å². The van der Waals surface area contributed by atoms with Crippen molar-refractivity contribution >= 4 is 7.60 Å². The molecule has 0 aliphatic rings. The maximum Gasteiger partial charge on any atom is 0.325 e. The van der Waals surface area contributed by atoms with Crippen molar-refractivity contribution in [3.05, 3.63) is 60.2 Å². The Labute approximate surface area is 106 Å². The molecule has 0 saturated carbocycles. The van der Waals surface area contributed by atoms with E-state index in [9.17, 15) is 4.57 Å². The van der Waals surface area contributed by atoms with Gasteiger partial charge in [0.25, 0.3) is 0 Å². The largest absolute Gasteiger partial charge is 0.325 e. The molecular formula is C14H15O3P. The molecule has 0 atom stereocenters. The van der Waals surface area contributed by atoms with Crippen LogP contribution >= 0.6 is 7.60 Å². The first-order chi connectivity index (χ1) is 8.56. The van der Waals surface area contributed by atoms with E-state index in [2.05, 4.69) is 0 Å². The van der Waals surface area contributed by atoms with Gasteiger partial charge in [0.15, 0.2) is 0 Å². The van der Waals surface area contributed by atoms with Crippen LogP contribution < -0.4 is 0 Å². The lowest BCUT2D eigenvalue weighted by Gasteiger charge is -2.10. The number of hydrogen-bond acceptors (Lipinski definition) is 1. The first-order valence-corrected chi connectivity index (χ1v) is 7.54. The first-order valence-electron chi connectivity index (χ1n) is 5.74. The second-order valence-corrected chi connectivity index (χ2v) is 5.94. The third-order valence-corrected chi connectivity index (χ3v) is 3.58. The standard InChI is InChI=1S/C14H15O3P/c15-18(16,17)11-10-13-8-4-5-9-14(13)12-6-2-1-3-7-12/h1-9H,10-11H2,(H2,15,16,17). The SMILES string of the molecule is O=P(O)(O)CCc1ccccc1-c1ccccc1. The molecule has 2 aromatic rings. The lowest BCUT2D eigenvalue weighted by Crippen LogP contribution is -1.96. The molecule has 0 aliphatic heterocycles. The summed E-state index contributed by atoms with van der Waals surface area (Å²) in [4.78, 5) is 17.9. The Morgan fingerprint density at radius 1 is 0.889 bits per heavy atom. The molecule has 2 aromatic carbocycles. The predicted octanol–water partition coefficient (Wildman–Crippen LogP) is 3.07. The smallest absolute Gasteiger partial charge is 0.324 e. The summed E-state index contributed by atoms with van der Waals surface area (Å²) < 4.78 is 10.9. The summed E-state index contributed by atoms with van der Waals surface area (Å²) in [6, 6.07) is 17.6. The van der Waals surface area contributed by atoms with Gasteiger partial charge < -0.3 is 9.79 Å². The quantitative estimate of drug-likeness (QED) is 0.832. The fourth-order valence-electron chi connectivity index (χ4n) is 1.90. The zero-order valence-electron chi connectivity index (χ0n) is 9.86. The lowest BCUT2D eigenvalue weighted by atomic mass is 9.98. The lowest BCUT2D eigenvalue weighted by molar-refractivity contribution is 0.373. The highest BCUT2D eigenvalue weighted by Crippen LogP contribution is 2.36. The molecule has 0 unspecified atom stereocenters. The molecule has 0 bridgehead atoms. The molecule has 4 heteroatoms. The van der Waals surface area contributed by atoms with Gasteiger partial charge in [0, 0.05) is 0 Å². The van der Waals surface area contributed by atoms with E-state index in [1.807, 2.05) is 54.6 Å². The summed E-state index contributed by atoms with van der Waals surface area (Å²) in [6.07, 6.45) is 0.270. The van der Waals surface area contributed by atoms with Crippen LogP contribution in [0.5, 0.6) is 0 Å². The third kappa shape index (κ3) is 3.54. The second-order valence-electron chi connectivity index (χ2n) is 4.16. The summed E-state index contributed by atoms with van der Waals surface area (Å²) in [5.41, 5.74) is 3.07. The van der Waals surface area contributed by atoms with Gasteiger partial charge in [0.1, 0.15) is 0 Å². The van der Waals surface area contributed by atoms with Crippen LogP contribution in [-0.4, -0.2) is 15.9 Å². The average molecular weight is 262 g/mol. The maximum atomic E-state index is 10.9. The highest BCUT2D eigenvalue weighted by atomic mass is 31.2. The van der Waals surface area contributed by atoms with E-state index >= 15 is 0 Å². The Balaban J connectivity index is 2.29. The zero-order valence-corrected chi connectivity index (χ0v) is 10.8. The van der Waals surface area contributed by atoms with Gasteiger partial charge in [0.2, 0.25) is 0 Å². The molecule has 94 valence electrons. The van der Waals surface area contributed by atoms with Crippen molar-refractivity contribution in [3.8, 4) is 11.1 Å². The van der Waals surface area contributed by atoms with Crippen LogP contribution in [0.3, 0.4) is 0 Å². The predicted molar refractivity (Wildman–Crippen MR) is 72.5 cm³/mol. The molecule has 0 spiro atoms. The highest BCUT2D eigenvalue weighted by Gasteiger charge is 2.14. The van der Waals surface area contributed by atoms with Crippen molar-refractivity contribution in [2.75, 3.05) is 6.16 Å². The molecule has 0 amide bonds. The fraction of sp³-hybridized carbons (Fsp3) is 0.143. The Kier molecular flexibility index (Phi) is 3.97. The van der Waals surface area contributed by atoms with Crippen LogP contribution in [0.4, 0.5) is 0 Å². The third-order valence-electron chi connectivity index (χ3n) is 2.77. The van der Waals surface area contributed by atoms with E-state index in [4.69, 9.17) is 9.79 Å². The molecule has 18 heavy (non-hydrogen) atoms. The van der Waals surface area contributed by atoms with Crippen LogP contribution in [0.2, 0.25) is 0 Å². The molecule has 0 radical (unpaired) electrons. The van der Waals surface area contributed by atoms with Gasteiger partial charge in [-0.25, -0.2) is 0 Å². The molecule has 0 fully saturated rings. The van der Waals surface area contributed by atoms with Crippen molar-refractivity contribution < 1.29 is 14.4 Å². The minimum atomic E-state index is -3.94. The molecule has 0 heterocycles. The topological polar surface area (TPSA) is 57.5 Å². The van der Waals surface area contributed by atoms with Crippen molar-refractivity contribution in [1.29, 1.82) is 0 Å². The molecule has 0 aromatic heterocycles. The number of benzene rings is 2. The van der Waals surface area contributed by atoms with Crippen molar-refractivity contribution in [2.45, 2.75) is 6.42 Å². The number of hydrogen-bond donors (Lipinski definition) is 2. The average Bonchev–Trinajstić information content (AvgIpc) is 2.37. The van der Waals surface area contributed by atoms with E-state index < -0.39 is 7.60 Å². The van der Waals surface area contributed by atoms with Gasteiger partial charge in [-0.1, -0.05) is 54.6 Å². The van der Waals surface area contributed by atoms with Crippen molar-refractivity contribution in [2.24, 2.45) is 0 Å². The summed E-state index contributed by atoms with van der Waals surface area (Å²) >= 11 is 0. The second kappa shape index (κ2) is 5.49. The number of aryl methyl sites for hydroxylation is 1. The minimum Gasteiger partial charge on any atom is -0.324 e. The molecule has 3 nitrogen and oxygen atoms in total. The van der Waals surface area contributed by atoms with E-state index in [0.717, 1.165) is 16.7 Å². The number of rotatable bonds is 4. The van der Waals surface area contributed by atoms with E-state index in [1.165, 1.54) is 0 Å². The van der Waals surface area contributed by atoms with Crippen LogP contribution in [0.1, 0.15) is 5.56 Å². The monoisotopic (exact) mass is 262 g/mol. The minimum absolute atomic E-state index is 0.114. The zero-order chi connectivity index (χ0) is 13.0. The molecular weight excluding hydrogens is 247 g/mol. The van der Waals surface area contributed by atoms with Gasteiger partial charge in [0.05, 0.1) is 6.16 Å². The molecule has 2 N–H and O–H groups in total. The Bertz CT molecular complexity index is 560. The van der Waals surface area contributed by atoms with Crippen LogP contribution in [0.25, 0.3) is 11.1 Å². The van der Waals surface area contributed by atoms with Crippen LogP contribution in [-0.2, 0) is 11.0 Å². The summed E-state index contributed by atoms with van der Waals surface area (Å²) in [5.74, 6) is 0. The fourth-order valence-corrected chi connectivity index (χ4v) is 2.44.